The zero-order chi connectivity index (χ0) is 15.4. The van der Waals surface area contributed by atoms with Crippen molar-refractivity contribution < 1.29 is 13.9 Å². The van der Waals surface area contributed by atoms with Crippen LogP contribution in [-0.4, -0.2) is 12.5 Å². The molecule has 0 unspecified atom stereocenters. The number of nitrogen functional groups attached to an aromatic ring is 1. The van der Waals surface area contributed by atoms with Crippen molar-refractivity contribution in [2.24, 2.45) is 0 Å². The lowest BCUT2D eigenvalue weighted by molar-refractivity contribution is -0.118. The molecule has 0 saturated heterocycles. The SMILES string of the molecule is Cc1cc(Br)cc(N)c1OCC(=O)Nc1ccc(F)cc1. The van der Waals surface area contributed by atoms with Gasteiger partial charge in [0.1, 0.15) is 11.6 Å². The molecule has 2 aromatic carbocycles. The van der Waals surface area contributed by atoms with Gasteiger partial charge in [-0.05, 0) is 48.9 Å². The first-order valence-corrected chi connectivity index (χ1v) is 6.99. The molecule has 1 amide bonds. The van der Waals surface area contributed by atoms with Gasteiger partial charge in [-0.25, -0.2) is 4.39 Å². The predicted octanol–water partition coefficient (Wildman–Crippen LogP) is 3.50. The van der Waals surface area contributed by atoms with Crippen molar-refractivity contribution in [1.29, 1.82) is 0 Å². The van der Waals surface area contributed by atoms with Crippen molar-refractivity contribution in [3.63, 3.8) is 0 Å². The van der Waals surface area contributed by atoms with Crippen LogP contribution in [0.3, 0.4) is 0 Å². The maximum Gasteiger partial charge on any atom is 0.262 e. The molecule has 0 fully saturated rings. The highest BCUT2D eigenvalue weighted by atomic mass is 79.9. The summed E-state index contributed by atoms with van der Waals surface area (Å²) in [4.78, 5) is 11.8. The van der Waals surface area contributed by atoms with Crippen LogP contribution in [0.5, 0.6) is 5.75 Å². The van der Waals surface area contributed by atoms with E-state index in [4.69, 9.17) is 10.5 Å². The van der Waals surface area contributed by atoms with E-state index in [1.54, 1.807) is 6.07 Å². The first kappa shape index (κ1) is 15.3. The van der Waals surface area contributed by atoms with E-state index in [9.17, 15) is 9.18 Å². The van der Waals surface area contributed by atoms with Gasteiger partial charge < -0.3 is 15.8 Å². The summed E-state index contributed by atoms with van der Waals surface area (Å²) in [6, 6.07) is 9.06. The highest BCUT2D eigenvalue weighted by molar-refractivity contribution is 9.10. The third-order valence-electron chi connectivity index (χ3n) is 2.74. The Hall–Kier alpha value is -2.08. The first-order chi connectivity index (χ1) is 9.95. The van der Waals surface area contributed by atoms with Gasteiger partial charge in [0.2, 0.25) is 0 Å². The maximum atomic E-state index is 12.8. The van der Waals surface area contributed by atoms with Gasteiger partial charge in [0.25, 0.3) is 5.91 Å². The summed E-state index contributed by atoms with van der Waals surface area (Å²) in [5.41, 5.74) is 7.64. The minimum absolute atomic E-state index is 0.177. The molecule has 0 aromatic heterocycles. The zero-order valence-corrected chi connectivity index (χ0v) is 12.9. The Balaban J connectivity index is 1.97. The average Bonchev–Trinajstić information content (AvgIpc) is 2.40. The van der Waals surface area contributed by atoms with Crippen LogP contribution in [0.25, 0.3) is 0 Å². The Labute approximate surface area is 130 Å². The fraction of sp³-hybridized carbons (Fsp3) is 0.133. The largest absolute Gasteiger partial charge is 0.481 e. The monoisotopic (exact) mass is 352 g/mol. The number of carbonyl (C=O) groups excluding carboxylic acids is 1. The van der Waals surface area contributed by atoms with Gasteiger partial charge in [-0.15, -0.1) is 0 Å². The molecule has 2 rings (SSSR count). The van der Waals surface area contributed by atoms with Crippen molar-refractivity contribution in [1.82, 2.24) is 0 Å². The molecule has 0 aliphatic carbocycles. The second kappa shape index (κ2) is 6.58. The number of hydrogen-bond donors (Lipinski definition) is 2. The quantitative estimate of drug-likeness (QED) is 0.827. The molecule has 21 heavy (non-hydrogen) atoms. The van der Waals surface area contributed by atoms with E-state index in [0.29, 0.717) is 17.1 Å². The van der Waals surface area contributed by atoms with Crippen LogP contribution < -0.4 is 15.8 Å². The lowest BCUT2D eigenvalue weighted by Gasteiger charge is -2.12. The van der Waals surface area contributed by atoms with Crippen LogP contribution in [0.2, 0.25) is 0 Å². The Morgan fingerprint density at radius 2 is 2.00 bits per heavy atom. The van der Waals surface area contributed by atoms with E-state index in [0.717, 1.165) is 10.0 Å². The fourth-order valence-corrected chi connectivity index (χ4v) is 2.41. The van der Waals surface area contributed by atoms with Crippen molar-refractivity contribution in [3.05, 3.63) is 52.3 Å². The third kappa shape index (κ3) is 4.19. The molecule has 2 aromatic rings. The second-order valence-corrected chi connectivity index (χ2v) is 5.40. The Morgan fingerprint density at radius 3 is 2.62 bits per heavy atom. The standard InChI is InChI=1S/C15H14BrFN2O2/c1-9-6-10(16)7-13(18)15(9)21-8-14(20)19-12-4-2-11(17)3-5-12/h2-7H,8,18H2,1H3,(H,19,20). The van der Waals surface area contributed by atoms with Crippen LogP contribution in [0, 0.1) is 12.7 Å². The van der Waals surface area contributed by atoms with E-state index < -0.39 is 0 Å². The highest BCUT2D eigenvalue weighted by Gasteiger charge is 2.09. The third-order valence-corrected chi connectivity index (χ3v) is 3.20. The molecule has 0 radical (unpaired) electrons. The number of benzene rings is 2. The molecular weight excluding hydrogens is 339 g/mol. The van der Waals surface area contributed by atoms with Gasteiger partial charge >= 0.3 is 0 Å². The topological polar surface area (TPSA) is 64.3 Å². The van der Waals surface area contributed by atoms with E-state index in [-0.39, 0.29) is 18.3 Å². The molecule has 0 saturated carbocycles. The highest BCUT2D eigenvalue weighted by Crippen LogP contribution is 2.29. The summed E-state index contributed by atoms with van der Waals surface area (Å²) >= 11 is 3.33. The number of amides is 1. The number of anilines is 2. The zero-order valence-electron chi connectivity index (χ0n) is 11.3. The second-order valence-electron chi connectivity index (χ2n) is 4.48. The van der Waals surface area contributed by atoms with Gasteiger partial charge in [0.05, 0.1) is 5.69 Å². The van der Waals surface area contributed by atoms with Crippen LogP contribution in [0.15, 0.2) is 40.9 Å². The maximum absolute atomic E-state index is 12.8. The van der Waals surface area contributed by atoms with Crippen LogP contribution in [0.4, 0.5) is 15.8 Å². The Morgan fingerprint density at radius 1 is 1.33 bits per heavy atom. The smallest absolute Gasteiger partial charge is 0.262 e. The number of halogens is 2. The molecular formula is C15H14BrFN2O2. The lowest BCUT2D eigenvalue weighted by Crippen LogP contribution is -2.20. The Bertz CT molecular complexity index is 636. The minimum Gasteiger partial charge on any atom is -0.481 e. The molecule has 4 nitrogen and oxygen atoms in total. The number of nitrogens with one attached hydrogen (secondary N) is 1. The molecule has 0 atom stereocenters. The minimum atomic E-state index is -0.359. The van der Waals surface area contributed by atoms with Crippen LogP contribution in [-0.2, 0) is 4.79 Å². The Kier molecular flexibility index (Phi) is 4.80. The van der Waals surface area contributed by atoms with Crippen LogP contribution in [0.1, 0.15) is 5.56 Å². The summed E-state index contributed by atoms with van der Waals surface area (Å²) in [5, 5.41) is 2.61. The molecule has 110 valence electrons. The van der Waals surface area contributed by atoms with Gasteiger partial charge in [0, 0.05) is 10.2 Å². The van der Waals surface area contributed by atoms with Gasteiger partial charge in [0.15, 0.2) is 6.61 Å². The summed E-state index contributed by atoms with van der Waals surface area (Å²) in [5.74, 6) is -0.224. The van der Waals surface area contributed by atoms with Crippen molar-refractivity contribution in [2.75, 3.05) is 17.7 Å². The lowest BCUT2D eigenvalue weighted by atomic mass is 10.2. The van der Waals surface area contributed by atoms with E-state index in [1.807, 2.05) is 13.0 Å². The van der Waals surface area contributed by atoms with E-state index in [2.05, 4.69) is 21.2 Å². The molecule has 3 N–H and O–H groups in total. The summed E-state index contributed by atoms with van der Waals surface area (Å²) in [6.07, 6.45) is 0. The van der Waals surface area contributed by atoms with Gasteiger partial charge in [-0.2, -0.15) is 0 Å². The number of rotatable bonds is 4. The number of aryl methyl sites for hydroxylation is 1. The van der Waals surface area contributed by atoms with Gasteiger partial charge in [-0.3, -0.25) is 4.79 Å². The summed E-state index contributed by atoms with van der Waals surface area (Å²) in [7, 11) is 0. The number of ether oxygens (including phenoxy) is 1. The van der Waals surface area contributed by atoms with E-state index in [1.165, 1.54) is 24.3 Å². The summed E-state index contributed by atoms with van der Waals surface area (Å²) < 4.78 is 19.1. The van der Waals surface area contributed by atoms with Crippen molar-refractivity contribution >= 4 is 33.2 Å². The summed E-state index contributed by atoms with van der Waals surface area (Å²) in [6.45, 7) is 1.67. The van der Waals surface area contributed by atoms with Crippen LogP contribution >= 0.6 is 15.9 Å². The number of nitrogens with two attached hydrogens (primary N) is 1. The molecule has 0 spiro atoms. The molecule has 0 bridgehead atoms. The average molecular weight is 353 g/mol. The van der Waals surface area contributed by atoms with Crippen molar-refractivity contribution in [3.8, 4) is 5.75 Å². The molecule has 0 heterocycles. The predicted molar refractivity (Wildman–Crippen MR) is 83.8 cm³/mol. The first-order valence-electron chi connectivity index (χ1n) is 6.19. The van der Waals surface area contributed by atoms with E-state index >= 15 is 0 Å². The van der Waals surface area contributed by atoms with Gasteiger partial charge in [-0.1, -0.05) is 15.9 Å². The fourth-order valence-electron chi connectivity index (χ4n) is 1.82. The number of hydrogen-bond acceptors (Lipinski definition) is 3. The normalized spacial score (nSPS) is 10.2. The molecule has 6 heteroatoms. The van der Waals surface area contributed by atoms with Crippen molar-refractivity contribution in [2.45, 2.75) is 6.92 Å². The molecule has 0 aliphatic rings. The molecule has 0 aliphatic heterocycles. The number of carbonyl (C=O) groups is 1.